The van der Waals surface area contributed by atoms with Crippen LogP contribution in [0.2, 0.25) is 0 Å². The molecule has 1 heterocycles. The van der Waals surface area contributed by atoms with Crippen molar-refractivity contribution < 1.29 is 10.0 Å². The molecule has 6 nitrogen and oxygen atoms in total. The van der Waals surface area contributed by atoms with Gasteiger partial charge in [-0.05, 0) is 31.4 Å². The molecule has 1 amide bonds. The van der Waals surface area contributed by atoms with Crippen LogP contribution in [0.3, 0.4) is 0 Å². The Morgan fingerprint density at radius 2 is 2.29 bits per heavy atom. The number of carbonyl (C=O) groups is 1. The van der Waals surface area contributed by atoms with Crippen molar-refractivity contribution >= 4 is 11.7 Å². The normalized spacial score (nSPS) is 16.4. The molecule has 6 heteroatoms. The van der Waals surface area contributed by atoms with Crippen LogP contribution in [-0.4, -0.2) is 28.0 Å². The molecule has 0 bridgehead atoms. The van der Waals surface area contributed by atoms with Crippen LogP contribution in [0.1, 0.15) is 35.3 Å². The van der Waals surface area contributed by atoms with Gasteiger partial charge in [0.2, 0.25) is 0 Å². The first-order valence-electron chi connectivity index (χ1n) is 5.45. The average molecular weight is 234 g/mol. The van der Waals surface area contributed by atoms with E-state index in [-0.39, 0.29) is 17.8 Å². The number of nitrogens with one attached hydrogen (secondary N) is 1. The number of pyridine rings is 1. The van der Waals surface area contributed by atoms with Crippen LogP contribution in [0, 0.1) is 0 Å². The van der Waals surface area contributed by atoms with E-state index >= 15 is 0 Å². The second-order valence-electron chi connectivity index (χ2n) is 4.02. The van der Waals surface area contributed by atoms with Gasteiger partial charge in [-0.3, -0.25) is 9.78 Å². The minimum absolute atomic E-state index is 0.0246. The average Bonchev–Trinajstić information content (AvgIpc) is 2.32. The summed E-state index contributed by atoms with van der Waals surface area (Å²) in [7, 11) is 0. The maximum Gasteiger partial charge on any atom is 0.270 e. The number of amidine groups is 1. The highest BCUT2D eigenvalue weighted by atomic mass is 16.4. The molecule has 2 rings (SSSR count). The molecule has 90 valence electrons. The summed E-state index contributed by atoms with van der Waals surface area (Å²) in [5.41, 5.74) is 6.21. The smallest absolute Gasteiger partial charge is 0.270 e. The lowest BCUT2D eigenvalue weighted by Crippen LogP contribution is -2.39. The van der Waals surface area contributed by atoms with E-state index in [0.717, 1.165) is 12.8 Å². The highest BCUT2D eigenvalue weighted by Gasteiger charge is 2.20. The molecular weight excluding hydrogens is 220 g/mol. The third kappa shape index (κ3) is 2.52. The molecule has 17 heavy (non-hydrogen) atoms. The Hall–Kier alpha value is -2.11. The minimum Gasteiger partial charge on any atom is -0.409 e. The maximum atomic E-state index is 11.7. The quantitative estimate of drug-likeness (QED) is 0.306. The first-order valence-corrected chi connectivity index (χ1v) is 5.45. The Balaban J connectivity index is 2.03. The van der Waals surface area contributed by atoms with Gasteiger partial charge in [-0.25, -0.2) is 0 Å². The van der Waals surface area contributed by atoms with Crippen molar-refractivity contribution in [3.05, 3.63) is 29.6 Å². The Bertz CT molecular complexity index is 437. The number of hydrogen-bond acceptors (Lipinski definition) is 4. The molecule has 0 radical (unpaired) electrons. The summed E-state index contributed by atoms with van der Waals surface area (Å²) >= 11 is 0. The fourth-order valence-electron chi connectivity index (χ4n) is 1.55. The predicted octanol–water partition coefficient (Wildman–Crippen LogP) is 0.458. The van der Waals surface area contributed by atoms with Gasteiger partial charge >= 0.3 is 0 Å². The Kier molecular flexibility index (Phi) is 3.22. The zero-order valence-electron chi connectivity index (χ0n) is 9.26. The number of oxime groups is 1. The minimum atomic E-state index is -0.180. The van der Waals surface area contributed by atoms with Crippen LogP contribution < -0.4 is 11.1 Å². The van der Waals surface area contributed by atoms with E-state index in [0.29, 0.717) is 11.3 Å². The number of aromatic nitrogens is 1. The molecular formula is C11H14N4O2. The number of rotatable bonds is 3. The maximum absolute atomic E-state index is 11.7. The molecule has 1 aliphatic rings. The van der Waals surface area contributed by atoms with Crippen LogP contribution in [0.15, 0.2) is 23.5 Å². The SMILES string of the molecule is NC(=NO)c1ccc(C(=O)NC2CCC2)nc1. The van der Waals surface area contributed by atoms with E-state index in [1.165, 1.54) is 12.6 Å². The van der Waals surface area contributed by atoms with Crippen LogP contribution in [0.5, 0.6) is 0 Å². The van der Waals surface area contributed by atoms with E-state index < -0.39 is 0 Å². The monoisotopic (exact) mass is 234 g/mol. The third-order valence-corrected chi connectivity index (χ3v) is 2.84. The first kappa shape index (κ1) is 11.4. The predicted molar refractivity (Wildman–Crippen MR) is 61.9 cm³/mol. The van der Waals surface area contributed by atoms with Crippen LogP contribution in [-0.2, 0) is 0 Å². The van der Waals surface area contributed by atoms with E-state index in [4.69, 9.17) is 10.9 Å². The van der Waals surface area contributed by atoms with Crippen molar-refractivity contribution in [2.24, 2.45) is 10.9 Å². The van der Waals surface area contributed by atoms with E-state index in [1.54, 1.807) is 12.1 Å². The van der Waals surface area contributed by atoms with Gasteiger partial charge < -0.3 is 16.3 Å². The van der Waals surface area contributed by atoms with Gasteiger partial charge in [-0.2, -0.15) is 0 Å². The highest BCUT2D eigenvalue weighted by Crippen LogP contribution is 2.18. The number of carbonyl (C=O) groups excluding carboxylic acids is 1. The van der Waals surface area contributed by atoms with Crippen LogP contribution in [0.4, 0.5) is 0 Å². The van der Waals surface area contributed by atoms with Crippen LogP contribution >= 0.6 is 0 Å². The second-order valence-corrected chi connectivity index (χ2v) is 4.02. The molecule has 0 aromatic carbocycles. The molecule has 1 fully saturated rings. The highest BCUT2D eigenvalue weighted by molar-refractivity contribution is 5.98. The van der Waals surface area contributed by atoms with Crippen molar-refractivity contribution in [3.8, 4) is 0 Å². The summed E-state index contributed by atoms with van der Waals surface area (Å²) < 4.78 is 0. The lowest BCUT2D eigenvalue weighted by Gasteiger charge is -2.26. The molecule has 1 aromatic rings. The zero-order chi connectivity index (χ0) is 12.3. The van der Waals surface area contributed by atoms with E-state index in [9.17, 15) is 4.79 Å². The summed E-state index contributed by atoms with van der Waals surface area (Å²) in [5, 5.41) is 14.2. The van der Waals surface area contributed by atoms with Gasteiger partial charge in [0.1, 0.15) is 5.69 Å². The summed E-state index contributed by atoms with van der Waals surface area (Å²) in [6.07, 6.45) is 4.65. The molecule has 0 atom stereocenters. The van der Waals surface area contributed by atoms with Gasteiger partial charge in [0.05, 0.1) is 0 Å². The van der Waals surface area contributed by atoms with Crippen molar-refractivity contribution in [2.45, 2.75) is 25.3 Å². The van der Waals surface area contributed by atoms with Crippen LogP contribution in [0.25, 0.3) is 0 Å². The molecule has 1 saturated carbocycles. The lowest BCUT2D eigenvalue weighted by atomic mass is 9.93. The number of amides is 1. The number of hydrogen-bond donors (Lipinski definition) is 3. The van der Waals surface area contributed by atoms with E-state index in [1.807, 2.05) is 0 Å². The topological polar surface area (TPSA) is 101 Å². The molecule has 0 unspecified atom stereocenters. The Labute approximate surface area is 98.5 Å². The largest absolute Gasteiger partial charge is 0.409 e. The van der Waals surface area contributed by atoms with Gasteiger partial charge in [-0.1, -0.05) is 5.16 Å². The van der Waals surface area contributed by atoms with Crippen molar-refractivity contribution in [1.82, 2.24) is 10.3 Å². The third-order valence-electron chi connectivity index (χ3n) is 2.84. The Morgan fingerprint density at radius 1 is 1.53 bits per heavy atom. The zero-order valence-corrected chi connectivity index (χ0v) is 9.26. The Morgan fingerprint density at radius 3 is 2.76 bits per heavy atom. The van der Waals surface area contributed by atoms with Crippen molar-refractivity contribution in [2.75, 3.05) is 0 Å². The summed E-state index contributed by atoms with van der Waals surface area (Å²) in [6.45, 7) is 0. The van der Waals surface area contributed by atoms with Gasteiger partial charge in [0.25, 0.3) is 5.91 Å². The van der Waals surface area contributed by atoms with Crippen molar-refractivity contribution in [1.29, 1.82) is 0 Å². The number of nitrogens with zero attached hydrogens (tertiary/aromatic N) is 2. The summed E-state index contributed by atoms with van der Waals surface area (Å²) in [5.74, 6) is -0.204. The molecule has 1 aromatic heterocycles. The lowest BCUT2D eigenvalue weighted by molar-refractivity contribution is 0.0912. The van der Waals surface area contributed by atoms with Gasteiger partial charge in [0, 0.05) is 17.8 Å². The summed E-state index contributed by atoms with van der Waals surface area (Å²) in [4.78, 5) is 15.7. The fraction of sp³-hybridized carbons (Fsp3) is 0.364. The van der Waals surface area contributed by atoms with E-state index in [2.05, 4.69) is 15.5 Å². The van der Waals surface area contributed by atoms with Gasteiger partial charge in [-0.15, -0.1) is 0 Å². The molecule has 0 saturated heterocycles. The number of nitrogens with two attached hydrogens (primary N) is 1. The fourth-order valence-corrected chi connectivity index (χ4v) is 1.55. The second kappa shape index (κ2) is 4.82. The molecule has 0 spiro atoms. The van der Waals surface area contributed by atoms with Gasteiger partial charge in [0.15, 0.2) is 5.84 Å². The standard InChI is InChI=1S/C11H14N4O2/c12-10(15-17)7-4-5-9(13-6-7)11(16)14-8-2-1-3-8/h4-6,8,17H,1-3H2,(H2,12,15)(H,14,16). The first-order chi connectivity index (χ1) is 8.20. The van der Waals surface area contributed by atoms with Crippen molar-refractivity contribution in [3.63, 3.8) is 0 Å². The summed E-state index contributed by atoms with van der Waals surface area (Å²) in [6, 6.07) is 3.44. The molecule has 1 aliphatic carbocycles. The molecule has 0 aliphatic heterocycles. The molecule has 4 N–H and O–H groups in total.